The van der Waals surface area contributed by atoms with Gasteiger partial charge in [0.15, 0.2) is 0 Å². The Balaban J connectivity index is 1.48. The molecule has 136 valence electrons. The summed E-state index contributed by atoms with van der Waals surface area (Å²) in [7, 11) is 0. The fourth-order valence-electron chi connectivity index (χ4n) is 3.47. The highest BCUT2D eigenvalue weighted by atomic mass is 16.2. The summed E-state index contributed by atoms with van der Waals surface area (Å²) in [6, 6.07) is 5.86. The van der Waals surface area contributed by atoms with E-state index in [2.05, 4.69) is 27.4 Å². The number of carbonyl (C=O) groups excluding carboxylic acids is 2. The lowest BCUT2D eigenvalue weighted by molar-refractivity contribution is -0.126. The molecule has 1 aromatic rings. The largest absolute Gasteiger partial charge is 0.352 e. The molecule has 0 bridgehead atoms. The summed E-state index contributed by atoms with van der Waals surface area (Å²) in [5.41, 5.74) is 0.879. The SMILES string of the molecule is Cc1cccc(NC(=O)[C@@H]2CCCN(CC(=O)N[C@H](C)C3CC3)C2)n1. The maximum atomic E-state index is 12.5. The summed E-state index contributed by atoms with van der Waals surface area (Å²) in [4.78, 5) is 31.1. The van der Waals surface area contributed by atoms with Crippen molar-refractivity contribution in [1.29, 1.82) is 0 Å². The van der Waals surface area contributed by atoms with E-state index in [0.717, 1.165) is 25.1 Å². The molecule has 2 amide bonds. The quantitative estimate of drug-likeness (QED) is 0.827. The number of hydrogen-bond donors (Lipinski definition) is 2. The second-order valence-corrected chi connectivity index (χ2v) is 7.42. The molecule has 2 fully saturated rings. The molecule has 2 atom stereocenters. The maximum Gasteiger partial charge on any atom is 0.234 e. The van der Waals surface area contributed by atoms with E-state index in [0.29, 0.717) is 24.8 Å². The number of amides is 2. The lowest BCUT2D eigenvalue weighted by atomic mass is 9.97. The zero-order valence-electron chi connectivity index (χ0n) is 15.1. The van der Waals surface area contributed by atoms with Crippen molar-refractivity contribution in [2.24, 2.45) is 11.8 Å². The van der Waals surface area contributed by atoms with E-state index >= 15 is 0 Å². The minimum Gasteiger partial charge on any atom is -0.352 e. The molecule has 1 aliphatic heterocycles. The Bertz CT molecular complexity index is 630. The Morgan fingerprint density at radius 1 is 1.32 bits per heavy atom. The van der Waals surface area contributed by atoms with Crippen LogP contribution in [0.4, 0.5) is 5.82 Å². The number of anilines is 1. The molecule has 3 rings (SSSR count). The third kappa shape index (κ3) is 5.26. The summed E-state index contributed by atoms with van der Waals surface area (Å²) < 4.78 is 0. The molecule has 25 heavy (non-hydrogen) atoms. The van der Waals surface area contributed by atoms with Gasteiger partial charge >= 0.3 is 0 Å². The van der Waals surface area contributed by atoms with E-state index < -0.39 is 0 Å². The predicted molar refractivity (Wildman–Crippen MR) is 97.1 cm³/mol. The van der Waals surface area contributed by atoms with E-state index in [9.17, 15) is 9.59 Å². The molecule has 0 unspecified atom stereocenters. The summed E-state index contributed by atoms with van der Waals surface area (Å²) in [6.07, 6.45) is 4.24. The molecule has 1 saturated carbocycles. The monoisotopic (exact) mass is 344 g/mol. The highest BCUT2D eigenvalue weighted by Crippen LogP contribution is 2.32. The Hall–Kier alpha value is -1.95. The van der Waals surface area contributed by atoms with Crippen LogP contribution >= 0.6 is 0 Å². The third-order valence-electron chi connectivity index (χ3n) is 5.10. The lowest BCUT2D eigenvalue weighted by Crippen LogP contribution is -2.47. The zero-order valence-corrected chi connectivity index (χ0v) is 15.1. The summed E-state index contributed by atoms with van der Waals surface area (Å²) >= 11 is 0. The van der Waals surface area contributed by atoms with E-state index in [1.807, 2.05) is 19.1 Å². The van der Waals surface area contributed by atoms with E-state index in [4.69, 9.17) is 0 Å². The van der Waals surface area contributed by atoms with Crippen LogP contribution in [0.25, 0.3) is 0 Å². The molecule has 1 saturated heterocycles. The molecule has 1 aromatic heterocycles. The van der Waals surface area contributed by atoms with Gasteiger partial charge in [-0.1, -0.05) is 6.07 Å². The van der Waals surface area contributed by atoms with Crippen LogP contribution in [-0.4, -0.2) is 47.4 Å². The molecular weight excluding hydrogens is 316 g/mol. The van der Waals surface area contributed by atoms with Gasteiger partial charge in [-0.05, 0) is 64.1 Å². The summed E-state index contributed by atoms with van der Waals surface area (Å²) in [6.45, 7) is 5.86. The number of pyridine rings is 1. The van der Waals surface area contributed by atoms with Crippen LogP contribution in [0.3, 0.4) is 0 Å². The van der Waals surface area contributed by atoms with E-state index in [1.165, 1.54) is 12.8 Å². The van der Waals surface area contributed by atoms with Gasteiger partial charge in [-0.3, -0.25) is 14.5 Å². The predicted octanol–water partition coefficient (Wildman–Crippen LogP) is 1.96. The number of aromatic nitrogens is 1. The average molecular weight is 344 g/mol. The van der Waals surface area contributed by atoms with Gasteiger partial charge in [0, 0.05) is 18.3 Å². The number of hydrogen-bond acceptors (Lipinski definition) is 4. The maximum absolute atomic E-state index is 12.5. The van der Waals surface area contributed by atoms with Gasteiger partial charge in [-0.15, -0.1) is 0 Å². The van der Waals surface area contributed by atoms with Crippen LogP contribution < -0.4 is 10.6 Å². The third-order valence-corrected chi connectivity index (χ3v) is 5.10. The van der Waals surface area contributed by atoms with Crippen molar-refractivity contribution in [3.05, 3.63) is 23.9 Å². The Labute approximate surface area is 149 Å². The van der Waals surface area contributed by atoms with Gasteiger partial charge in [-0.25, -0.2) is 4.98 Å². The molecule has 2 N–H and O–H groups in total. The number of piperidine rings is 1. The summed E-state index contributed by atoms with van der Waals surface area (Å²) in [5, 5.41) is 5.99. The average Bonchev–Trinajstić information content (AvgIpc) is 3.40. The smallest absolute Gasteiger partial charge is 0.234 e. The van der Waals surface area contributed by atoms with Gasteiger partial charge in [0.1, 0.15) is 5.82 Å². The molecule has 6 nitrogen and oxygen atoms in total. The van der Waals surface area contributed by atoms with Crippen molar-refractivity contribution in [3.8, 4) is 0 Å². The fraction of sp³-hybridized carbons (Fsp3) is 0.632. The standard InChI is InChI=1S/C19H28N4O2/c1-13-5-3-7-17(20-13)22-19(25)16-6-4-10-23(11-16)12-18(24)21-14(2)15-8-9-15/h3,5,7,14-16H,4,6,8-12H2,1-2H3,(H,21,24)(H,20,22,25)/t14-,16-/m1/s1. The summed E-state index contributed by atoms with van der Waals surface area (Å²) in [5.74, 6) is 1.23. The van der Waals surface area contributed by atoms with Crippen molar-refractivity contribution in [2.75, 3.05) is 25.0 Å². The molecular formula is C19H28N4O2. The molecule has 0 aromatic carbocycles. The number of aryl methyl sites for hydroxylation is 1. The number of nitrogens with one attached hydrogen (secondary N) is 2. The van der Waals surface area contributed by atoms with Crippen LogP contribution in [-0.2, 0) is 9.59 Å². The van der Waals surface area contributed by atoms with Crippen LogP contribution in [0, 0.1) is 18.8 Å². The lowest BCUT2D eigenvalue weighted by Gasteiger charge is -2.31. The van der Waals surface area contributed by atoms with Crippen molar-refractivity contribution < 1.29 is 9.59 Å². The first-order valence-corrected chi connectivity index (χ1v) is 9.27. The van der Waals surface area contributed by atoms with Crippen LogP contribution in [0.5, 0.6) is 0 Å². The molecule has 1 aliphatic carbocycles. The van der Waals surface area contributed by atoms with Gasteiger partial charge in [0.05, 0.1) is 12.5 Å². The molecule has 0 radical (unpaired) electrons. The molecule has 2 heterocycles. The van der Waals surface area contributed by atoms with E-state index in [1.54, 1.807) is 6.07 Å². The molecule has 6 heteroatoms. The minimum atomic E-state index is -0.0929. The number of rotatable bonds is 6. The van der Waals surface area contributed by atoms with Crippen molar-refractivity contribution >= 4 is 17.6 Å². The second kappa shape index (κ2) is 7.95. The normalized spacial score (nSPS) is 22.2. The first kappa shape index (κ1) is 17.9. The van der Waals surface area contributed by atoms with Crippen LogP contribution in [0.2, 0.25) is 0 Å². The van der Waals surface area contributed by atoms with Crippen molar-refractivity contribution in [2.45, 2.75) is 45.6 Å². The number of likely N-dealkylation sites (tertiary alicyclic amines) is 1. The van der Waals surface area contributed by atoms with Crippen molar-refractivity contribution in [3.63, 3.8) is 0 Å². The van der Waals surface area contributed by atoms with Gasteiger partial charge in [0.2, 0.25) is 11.8 Å². The van der Waals surface area contributed by atoms with E-state index in [-0.39, 0.29) is 23.8 Å². The Morgan fingerprint density at radius 2 is 2.12 bits per heavy atom. The van der Waals surface area contributed by atoms with Gasteiger partial charge < -0.3 is 10.6 Å². The fourth-order valence-corrected chi connectivity index (χ4v) is 3.47. The highest BCUT2D eigenvalue weighted by Gasteiger charge is 2.30. The second-order valence-electron chi connectivity index (χ2n) is 7.42. The number of carbonyl (C=O) groups is 2. The minimum absolute atomic E-state index is 0.00504. The topological polar surface area (TPSA) is 74.3 Å². The zero-order chi connectivity index (χ0) is 17.8. The van der Waals surface area contributed by atoms with Gasteiger partial charge in [-0.2, -0.15) is 0 Å². The van der Waals surface area contributed by atoms with Crippen LogP contribution in [0.1, 0.15) is 38.3 Å². The highest BCUT2D eigenvalue weighted by molar-refractivity contribution is 5.92. The Morgan fingerprint density at radius 3 is 2.84 bits per heavy atom. The Kier molecular flexibility index (Phi) is 5.68. The number of nitrogens with zero attached hydrogens (tertiary/aromatic N) is 2. The molecule has 0 spiro atoms. The van der Waals surface area contributed by atoms with Gasteiger partial charge in [0.25, 0.3) is 0 Å². The first-order valence-electron chi connectivity index (χ1n) is 9.27. The van der Waals surface area contributed by atoms with Crippen LogP contribution in [0.15, 0.2) is 18.2 Å². The first-order chi connectivity index (χ1) is 12.0. The molecule has 2 aliphatic rings. The van der Waals surface area contributed by atoms with Crippen molar-refractivity contribution in [1.82, 2.24) is 15.2 Å².